The molecular formula is C13H23N3O. The molecule has 0 bridgehead atoms. The van der Waals surface area contributed by atoms with Crippen LogP contribution < -0.4 is 5.73 Å². The van der Waals surface area contributed by atoms with Crippen LogP contribution >= 0.6 is 0 Å². The molecule has 96 valence electrons. The normalized spacial score (nSPS) is 13.0. The van der Waals surface area contributed by atoms with Crippen LogP contribution in [0.5, 0.6) is 0 Å². The minimum Gasteiger partial charge on any atom is -0.383 e. The highest BCUT2D eigenvalue weighted by molar-refractivity contribution is 5.19. The van der Waals surface area contributed by atoms with Crippen molar-refractivity contribution < 1.29 is 4.74 Å². The number of nitrogens with zero attached hydrogens (tertiary/aromatic N) is 2. The molecule has 4 nitrogen and oxygen atoms in total. The van der Waals surface area contributed by atoms with E-state index in [0.29, 0.717) is 12.6 Å². The van der Waals surface area contributed by atoms with Crippen molar-refractivity contribution in [2.24, 2.45) is 5.73 Å². The second-order valence-electron chi connectivity index (χ2n) is 4.18. The SMILES string of the molecule is CCN(Cc1cccnc1CN)C(C)COC. The number of aromatic nitrogens is 1. The van der Waals surface area contributed by atoms with E-state index in [-0.39, 0.29) is 0 Å². The first-order valence-electron chi connectivity index (χ1n) is 6.08. The third-order valence-corrected chi connectivity index (χ3v) is 2.99. The van der Waals surface area contributed by atoms with Crippen LogP contribution in [-0.4, -0.2) is 36.2 Å². The zero-order valence-electron chi connectivity index (χ0n) is 11.0. The van der Waals surface area contributed by atoms with Crippen molar-refractivity contribution in [2.75, 3.05) is 20.3 Å². The molecule has 1 aromatic rings. The van der Waals surface area contributed by atoms with Crippen molar-refractivity contribution in [3.8, 4) is 0 Å². The van der Waals surface area contributed by atoms with Gasteiger partial charge in [-0.1, -0.05) is 13.0 Å². The van der Waals surface area contributed by atoms with Crippen LogP contribution in [-0.2, 0) is 17.8 Å². The molecule has 17 heavy (non-hydrogen) atoms. The monoisotopic (exact) mass is 237 g/mol. The van der Waals surface area contributed by atoms with Crippen LogP contribution in [0.1, 0.15) is 25.1 Å². The predicted molar refractivity (Wildman–Crippen MR) is 69.6 cm³/mol. The number of hydrogen-bond acceptors (Lipinski definition) is 4. The maximum Gasteiger partial charge on any atom is 0.0615 e. The molecule has 0 fully saturated rings. The molecule has 1 atom stereocenters. The Labute approximate surface area is 104 Å². The fourth-order valence-electron chi connectivity index (χ4n) is 1.94. The summed E-state index contributed by atoms with van der Waals surface area (Å²) in [5.41, 5.74) is 7.89. The summed E-state index contributed by atoms with van der Waals surface area (Å²) >= 11 is 0. The Bertz CT molecular complexity index is 330. The summed E-state index contributed by atoms with van der Waals surface area (Å²) in [5.74, 6) is 0. The summed E-state index contributed by atoms with van der Waals surface area (Å²) in [5, 5.41) is 0. The van der Waals surface area contributed by atoms with Gasteiger partial charge in [0.05, 0.1) is 12.3 Å². The molecule has 1 unspecified atom stereocenters. The molecule has 4 heteroatoms. The standard InChI is InChI=1S/C13H23N3O/c1-4-16(11(2)10-17-3)9-12-6-5-7-15-13(12)8-14/h5-7,11H,4,8-10,14H2,1-3H3. The summed E-state index contributed by atoms with van der Waals surface area (Å²) in [6, 6.07) is 4.46. The zero-order valence-corrected chi connectivity index (χ0v) is 11.0. The molecule has 0 aliphatic rings. The second kappa shape index (κ2) is 7.37. The van der Waals surface area contributed by atoms with Gasteiger partial charge in [0.25, 0.3) is 0 Å². The van der Waals surface area contributed by atoms with Crippen molar-refractivity contribution in [2.45, 2.75) is 33.0 Å². The summed E-state index contributed by atoms with van der Waals surface area (Å²) in [6.07, 6.45) is 1.79. The molecular weight excluding hydrogens is 214 g/mol. The Morgan fingerprint density at radius 1 is 1.53 bits per heavy atom. The summed E-state index contributed by atoms with van der Waals surface area (Å²) in [7, 11) is 1.74. The number of likely N-dealkylation sites (N-methyl/N-ethyl adjacent to an activating group) is 1. The fourth-order valence-corrected chi connectivity index (χ4v) is 1.94. The van der Waals surface area contributed by atoms with Crippen LogP contribution in [0.2, 0.25) is 0 Å². The Hall–Kier alpha value is -0.970. The van der Waals surface area contributed by atoms with Gasteiger partial charge in [-0.3, -0.25) is 9.88 Å². The minimum absolute atomic E-state index is 0.399. The first-order chi connectivity index (χ1) is 8.22. The highest BCUT2D eigenvalue weighted by atomic mass is 16.5. The largest absolute Gasteiger partial charge is 0.383 e. The van der Waals surface area contributed by atoms with Gasteiger partial charge in [-0.15, -0.1) is 0 Å². The molecule has 0 spiro atoms. The maximum absolute atomic E-state index is 5.70. The quantitative estimate of drug-likeness (QED) is 0.779. The molecule has 1 aromatic heterocycles. The maximum atomic E-state index is 5.70. The second-order valence-corrected chi connectivity index (χ2v) is 4.18. The van der Waals surface area contributed by atoms with Gasteiger partial charge in [0.2, 0.25) is 0 Å². The number of pyridine rings is 1. The summed E-state index contributed by atoms with van der Waals surface area (Å²) < 4.78 is 5.20. The van der Waals surface area contributed by atoms with E-state index in [4.69, 9.17) is 10.5 Å². The molecule has 0 saturated heterocycles. The third-order valence-electron chi connectivity index (χ3n) is 2.99. The lowest BCUT2D eigenvalue weighted by atomic mass is 10.1. The van der Waals surface area contributed by atoms with Crippen LogP contribution in [0.25, 0.3) is 0 Å². The lowest BCUT2D eigenvalue weighted by Crippen LogP contribution is -2.36. The van der Waals surface area contributed by atoms with Gasteiger partial charge < -0.3 is 10.5 Å². The number of ether oxygens (including phenoxy) is 1. The minimum atomic E-state index is 0.399. The summed E-state index contributed by atoms with van der Waals surface area (Å²) in [6.45, 7) is 7.43. The lowest BCUT2D eigenvalue weighted by molar-refractivity contribution is 0.0979. The van der Waals surface area contributed by atoms with Crippen LogP contribution in [0, 0.1) is 0 Å². The Morgan fingerprint density at radius 2 is 2.29 bits per heavy atom. The average Bonchev–Trinajstić information content (AvgIpc) is 2.36. The van der Waals surface area contributed by atoms with Crippen molar-refractivity contribution in [1.29, 1.82) is 0 Å². The van der Waals surface area contributed by atoms with Crippen molar-refractivity contribution in [1.82, 2.24) is 9.88 Å². The van der Waals surface area contributed by atoms with Gasteiger partial charge in [0, 0.05) is 32.4 Å². The van der Waals surface area contributed by atoms with Crippen molar-refractivity contribution in [3.63, 3.8) is 0 Å². The zero-order chi connectivity index (χ0) is 12.7. The Morgan fingerprint density at radius 3 is 2.88 bits per heavy atom. The molecule has 0 aromatic carbocycles. The topological polar surface area (TPSA) is 51.4 Å². The van der Waals surface area contributed by atoms with E-state index in [1.165, 1.54) is 5.56 Å². The first kappa shape index (κ1) is 14.1. The van der Waals surface area contributed by atoms with Gasteiger partial charge in [0.15, 0.2) is 0 Å². The summed E-state index contributed by atoms with van der Waals surface area (Å²) in [4.78, 5) is 6.67. The number of methoxy groups -OCH3 is 1. The number of nitrogens with two attached hydrogens (primary N) is 1. The molecule has 0 amide bonds. The van der Waals surface area contributed by atoms with Crippen LogP contribution in [0.15, 0.2) is 18.3 Å². The van der Waals surface area contributed by atoms with E-state index in [0.717, 1.165) is 25.4 Å². The lowest BCUT2D eigenvalue weighted by Gasteiger charge is -2.27. The van der Waals surface area contributed by atoms with E-state index in [1.54, 1.807) is 13.3 Å². The number of rotatable bonds is 7. The number of hydrogen-bond donors (Lipinski definition) is 1. The molecule has 0 aliphatic carbocycles. The van der Waals surface area contributed by atoms with Crippen LogP contribution in [0.3, 0.4) is 0 Å². The third kappa shape index (κ3) is 4.07. The van der Waals surface area contributed by atoms with Gasteiger partial charge in [-0.2, -0.15) is 0 Å². The highest BCUT2D eigenvalue weighted by Crippen LogP contribution is 2.11. The first-order valence-corrected chi connectivity index (χ1v) is 6.08. The van der Waals surface area contributed by atoms with E-state index in [2.05, 4.69) is 29.8 Å². The predicted octanol–water partition coefficient (Wildman–Crippen LogP) is 1.40. The van der Waals surface area contributed by atoms with Gasteiger partial charge in [-0.05, 0) is 25.1 Å². The molecule has 1 heterocycles. The Kier molecular flexibility index (Phi) is 6.11. The molecule has 0 aliphatic heterocycles. The average molecular weight is 237 g/mol. The van der Waals surface area contributed by atoms with Crippen molar-refractivity contribution in [3.05, 3.63) is 29.6 Å². The van der Waals surface area contributed by atoms with Crippen molar-refractivity contribution >= 4 is 0 Å². The molecule has 0 radical (unpaired) electrons. The highest BCUT2D eigenvalue weighted by Gasteiger charge is 2.13. The van der Waals surface area contributed by atoms with E-state index >= 15 is 0 Å². The van der Waals surface area contributed by atoms with E-state index < -0.39 is 0 Å². The molecule has 0 saturated carbocycles. The molecule has 2 N–H and O–H groups in total. The van der Waals surface area contributed by atoms with Crippen LogP contribution in [0.4, 0.5) is 0 Å². The smallest absolute Gasteiger partial charge is 0.0615 e. The van der Waals surface area contributed by atoms with E-state index in [1.807, 2.05) is 6.07 Å². The van der Waals surface area contributed by atoms with Gasteiger partial charge in [0.1, 0.15) is 0 Å². The molecule has 1 rings (SSSR count). The Balaban J connectivity index is 2.73. The van der Waals surface area contributed by atoms with Gasteiger partial charge in [-0.25, -0.2) is 0 Å². The van der Waals surface area contributed by atoms with E-state index in [9.17, 15) is 0 Å². The fraction of sp³-hybridized carbons (Fsp3) is 0.615. The van der Waals surface area contributed by atoms with Gasteiger partial charge >= 0.3 is 0 Å².